The topological polar surface area (TPSA) is 47.0 Å². The molecular weight excluding hydrogens is 266 g/mol. The predicted molar refractivity (Wildman–Crippen MR) is 75.7 cm³/mol. The molecule has 1 atom stereocenters. The molecule has 0 saturated carbocycles. The summed E-state index contributed by atoms with van der Waals surface area (Å²) >= 11 is 1.27. The Kier molecular flexibility index (Phi) is 4.02. The van der Waals surface area contributed by atoms with Crippen LogP contribution in [0.3, 0.4) is 0 Å². The highest BCUT2D eigenvalue weighted by molar-refractivity contribution is 7.93. The molecule has 0 radical (unpaired) electrons. The first-order valence-corrected chi connectivity index (χ1v) is 8.58. The second kappa shape index (κ2) is 5.36. The molecule has 18 heavy (non-hydrogen) atoms. The molecule has 0 spiro atoms. The summed E-state index contributed by atoms with van der Waals surface area (Å²) in [6.45, 7) is 4.05. The third-order valence-corrected chi connectivity index (χ3v) is 6.30. The molecule has 0 saturated heterocycles. The number of nitrogens with zero attached hydrogens (tertiary/aromatic N) is 1. The van der Waals surface area contributed by atoms with Crippen LogP contribution in [0.1, 0.15) is 26.7 Å². The van der Waals surface area contributed by atoms with E-state index < -0.39 is 9.84 Å². The number of benzene rings is 1. The summed E-state index contributed by atoms with van der Waals surface area (Å²) in [7, 11) is -3.24. The third kappa shape index (κ3) is 2.90. The number of fused-ring (bicyclic) bond motifs is 1. The van der Waals surface area contributed by atoms with Crippen LogP contribution in [0, 0.1) is 5.92 Å². The molecule has 0 unspecified atom stereocenters. The summed E-state index contributed by atoms with van der Waals surface area (Å²) in [6.07, 6.45) is 1.95. The van der Waals surface area contributed by atoms with Gasteiger partial charge in [-0.05, 0) is 24.5 Å². The fourth-order valence-electron chi connectivity index (χ4n) is 2.01. The minimum atomic E-state index is -3.24. The zero-order valence-corrected chi connectivity index (χ0v) is 12.2. The fourth-order valence-corrected chi connectivity index (χ4v) is 4.98. The molecule has 0 aliphatic heterocycles. The van der Waals surface area contributed by atoms with Gasteiger partial charge in [0.2, 0.25) is 14.2 Å². The first kappa shape index (κ1) is 13.5. The highest BCUT2D eigenvalue weighted by Crippen LogP contribution is 2.27. The van der Waals surface area contributed by atoms with Gasteiger partial charge in [0, 0.05) is 0 Å². The minimum absolute atomic E-state index is 0.187. The van der Waals surface area contributed by atoms with Gasteiger partial charge in [0.15, 0.2) is 0 Å². The van der Waals surface area contributed by atoms with Gasteiger partial charge in [0.25, 0.3) is 0 Å². The highest BCUT2D eigenvalue weighted by Gasteiger charge is 2.22. The van der Waals surface area contributed by atoms with Crippen LogP contribution < -0.4 is 0 Å². The van der Waals surface area contributed by atoms with E-state index in [1.807, 2.05) is 31.2 Å². The summed E-state index contributed by atoms with van der Waals surface area (Å²) in [5.41, 5.74) is 0.768. The second-order valence-corrected chi connectivity index (χ2v) is 7.86. The van der Waals surface area contributed by atoms with Crippen molar-refractivity contribution in [3.05, 3.63) is 24.3 Å². The van der Waals surface area contributed by atoms with Crippen molar-refractivity contribution in [3.8, 4) is 0 Å². The number of rotatable bonds is 5. The van der Waals surface area contributed by atoms with Crippen LogP contribution in [0.4, 0.5) is 0 Å². The van der Waals surface area contributed by atoms with Gasteiger partial charge in [-0.1, -0.05) is 32.4 Å². The number of hydrogen-bond acceptors (Lipinski definition) is 4. The zero-order valence-electron chi connectivity index (χ0n) is 10.6. The van der Waals surface area contributed by atoms with Gasteiger partial charge in [-0.3, -0.25) is 0 Å². The Morgan fingerprint density at radius 1 is 1.33 bits per heavy atom. The molecule has 1 aromatic heterocycles. The second-order valence-electron chi connectivity index (χ2n) is 4.62. The zero-order chi connectivity index (χ0) is 13.2. The summed E-state index contributed by atoms with van der Waals surface area (Å²) in [6, 6.07) is 7.52. The van der Waals surface area contributed by atoms with Crippen molar-refractivity contribution in [1.29, 1.82) is 0 Å². The normalized spacial score (nSPS) is 13.9. The van der Waals surface area contributed by atoms with E-state index in [9.17, 15) is 8.42 Å². The van der Waals surface area contributed by atoms with Crippen LogP contribution in [-0.2, 0) is 9.84 Å². The molecule has 98 valence electrons. The minimum Gasteiger partial charge on any atom is -0.225 e. The van der Waals surface area contributed by atoms with E-state index in [-0.39, 0.29) is 16.0 Å². The van der Waals surface area contributed by atoms with Crippen LogP contribution in [0.25, 0.3) is 10.2 Å². The number of para-hydroxylation sites is 1. The molecule has 0 aliphatic rings. The summed E-state index contributed by atoms with van der Waals surface area (Å²) in [4.78, 5) is 4.23. The van der Waals surface area contributed by atoms with Crippen LogP contribution in [-0.4, -0.2) is 19.2 Å². The Morgan fingerprint density at radius 3 is 2.72 bits per heavy atom. The van der Waals surface area contributed by atoms with Gasteiger partial charge >= 0.3 is 0 Å². The summed E-state index contributed by atoms with van der Waals surface area (Å²) < 4.78 is 25.7. The fraction of sp³-hybridized carbons (Fsp3) is 0.462. The van der Waals surface area contributed by atoms with Crippen molar-refractivity contribution in [2.45, 2.75) is 31.0 Å². The molecule has 5 heteroatoms. The molecule has 2 aromatic rings. The van der Waals surface area contributed by atoms with Crippen molar-refractivity contribution < 1.29 is 8.42 Å². The molecule has 0 amide bonds. The van der Waals surface area contributed by atoms with Gasteiger partial charge in [0.1, 0.15) is 0 Å². The first-order chi connectivity index (χ1) is 8.53. The lowest BCUT2D eigenvalue weighted by Gasteiger charge is -2.08. The van der Waals surface area contributed by atoms with E-state index in [0.717, 1.165) is 23.1 Å². The maximum absolute atomic E-state index is 12.2. The largest absolute Gasteiger partial charge is 0.225 e. The summed E-state index contributed by atoms with van der Waals surface area (Å²) in [5, 5.41) is 0. The van der Waals surface area contributed by atoms with Gasteiger partial charge in [-0.25, -0.2) is 13.4 Å². The predicted octanol–water partition coefficient (Wildman–Crippen LogP) is 3.51. The van der Waals surface area contributed by atoms with Crippen molar-refractivity contribution >= 4 is 31.4 Å². The number of aromatic nitrogens is 1. The maximum atomic E-state index is 12.2. The van der Waals surface area contributed by atoms with Gasteiger partial charge < -0.3 is 0 Å². The molecule has 1 aromatic carbocycles. The van der Waals surface area contributed by atoms with Crippen molar-refractivity contribution in [2.24, 2.45) is 5.92 Å². The molecule has 0 aliphatic carbocycles. The summed E-state index contributed by atoms with van der Waals surface area (Å²) in [5.74, 6) is 0.382. The van der Waals surface area contributed by atoms with Crippen LogP contribution in [0.15, 0.2) is 28.6 Å². The smallest absolute Gasteiger partial charge is 0.210 e. The lowest BCUT2D eigenvalue weighted by atomic mass is 10.1. The van der Waals surface area contributed by atoms with Crippen molar-refractivity contribution in [1.82, 2.24) is 4.98 Å². The first-order valence-electron chi connectivity index (χ1n) is 6.11. The third-order valence-electron chi connectivity index (χ3n) is 2.83. The van der Waals surface area contributed by atoms with Gasteiger partial charge in [0.05, 0.1) is 16.0 Å². The highest BCUT2D eigenvalue weighted by atomic mass is 32.2. The SMILES string of the molecule is CCC[C@H](C)CS(=O)(=O)c1nc2ccccc2s1. The van der Waals surface area contributed by atoms with Crippen LogP contribution in [0.2, 0.25) is 0 Å². The Hall–Kier alpha value is -0.940. The molecule has 1 heterocycles. The molecular formula is C13H17NO2S2. The molecule has 0 N–H and O–H groups in total. The van der Waals surface area contributed by atoms with E-state index in [2.05, 4.69) is 11.9 Å². The van der Waals surface area contributed by atoms with E-state index in [1.54, 1.807) is 0 Å². The molecule has 3 nitrogen and oxygen atoms in total. The Labute approximate surface area is 112 Å². The lowest BCUT2D eigenvalue weighted by Crippen LogP contribution is -2.13. The van der Waals surface area contributed by atoms with Crippen LogP contribution in [0.5, 0.6) is 0 Å². The van der Waals surface area contributed by atoms with E-state index in [4.69, 9.17) is 0 Å². The van der Waals surface area contributed by atoms with Crippen LogP contribution >= 0.6 is 11.3 Å². The van der Waals surface area contributed by atoms with E-state index in [1.165, 1.54) is 11.3 Å². The van der Waals surface area contributed by atoms with Gasteiger partial charge in [-0.15, -0.1) is 11.3 Å². The Morgan fingerprint density at radius 2 is 2.06 bits per heavy atom. The molecule has 0 bridgehead atoms. The average Bonchev–Trinajstić information content (AvgIpc) is 2.72. The van der Waals surface area contributed by atoms with Gasteiger partial charge in [-0.2, -0.15) is 0 Å². The molecule has 0 fully saturated rings. The van der Waals surface area contributed by atoms with Crippen molar-refractivity contribution in [2.75, 3.05) is 5.75 Å². The average molecular weight is 283 g/mol. The monoisotopic (exact) mass is 283 g/mol. The standard InChI is InChI=1S/C13H17NO2S2/c1-3-6-10(2)9-18(15,16)13-14-11-7-4-5-8-12(11)17-13/h4-5,7-8,10H,3,6,9H2,1-2H3/t10-/m0/s1. The number of sulfone groups is 1. The van der Waals surface area contributed by atoms with E-state index >= 15 is 0 Å². The Bertz CT molecular complexity index is 598. The van der Waals surface area contributed by atoms with E-state index in [0.29, 0.717) is 0 Å². The lowest BCUT2D eigenvalue weighted by molar-refractivity contribution is 0.545. The number of hydrogen-bond donors (Lipinski definition) is 0. The van der Waals surface area contributed by atoms with Crippen molar-refractivity contribution in [3.63, 3.8) is 0 Å². The molecule has 2 rings (SSSR count). The number of thiazole rings is 1. The quantitative estimate of drug-likeness (QED) is 0.843. The Balaban J connectivity index is 2.29. The maximum Gasteiger partial charge on any atom is 0.210 e.